The minimum atomic E-state index is -0.787. The van der Waals surface area contributed by atoms with Crippen LogP contribution in [0, 0.1) is 0 Å². The van der Waals surface area contributed by atoms with E-state index in [2.05, 4.69) is 4.74 Å². The maximum Gasteiger partial charge on any atom is 0.346 e. The number of carbonyl (C=O) groups excluding carboxylic acids is 2. The van der Waals surface area contributed by atoms with E-state index in [1.807, 2.05) is 0 Å². The molecule has 5 heteroatoms. The maximum absolute atomic E-state index is 11.1. The summed E-state index contributed by atoms with van der Waals surface area (Å²) in [4.78, 5) is 22.2. The summed E-state index contributed by atoms with van der Waals surface area (Å²) >= 11 is 0. The van der Waals surface area contributed by atoms with Crippen LogP contribution in [0.3, 0.4) is 0 Å². The maximum atomic E-state index is 11.1. The number of rotatable bonds is 4. The number of benzene rings is 1. The summed E-state index contributed by atoms with van der Waals surface area (Å²) in [6.07, 6.45) is -0.787. The van der Waals surface area contributed by atoms with Crippen molar-refractivity contribution in [3.05, 3.63) is 29.8 Å². The quantitative estimate of drug-likeness (QED) is 0.763. The number of para-hydroxylation sites is 1. The molecule has 0 saturated heterocycles. The number of ether oxygens (including phenoxy) is 2. The first-order chi connectivity index (χ1) is 7.56. The van der Waals surface area contributed by atoms with Crippen LogP contribution in [0.1, 0.15) is 17.3 Å². The Morgan fingerprint density at radius 1 is 1.31 bits per heavy atom. The lowest BCUT2D eigenvalue weighted by atomic mass is 10.2. The Hall–Kier alpha value is -2.04. The molecule has 0 aliphatic rings. The molecule has 1 aromatic rings. The van der Waals surface area contributed by atoms with Crippen molar-refractivity contribution in [2.45, 2.75) is 13.0 Å². The number of esters is 1. The summed E-state index contributed by atoms with van der Waals surface area (Å²) in [5.41, 5.74) is 5.40. The SMILES string of the molecule is COC(=O)[C@H](C)Oc1ccccc1C(N)=O. The molecular weight excluding hydrogens is 210 g/mol. The molecule has 86 valence electrons. The van der Waals surface area contributed by atoms with E-state index < -0.39 is 18.0 Å². The molecule has 16 heavy (non-hydrogen) atoms. The third kappa shape index (κ3) is 2.73. The molecule has 0 heterocycles. The van der Waals surface area contributed by atoms with Crippen LogP contribution in [-0.4, -0.2) is 25.1 Å². The van der Waals surface area contributed by atoms with Gasteiger partial charge in [0.25, 0.3) is 5.91 Å². The second-order valence-electron chi connectivity index (χ2n) is 3.14. The van der Waals surface area contributed by atoms with Crippen LogP contribution in [-0.2, 0) is 9.53 Å². The van der Waals surface area contributed by atoms with Gasteiger partial charge in [-0.05, 0) is 19.1 Å². The van der Waals surface area contributed by atoms with Gasteiger partial charge in [-0.3, -0.25) is 4.79 Å². The Labute approximate surface area is 93.1 Å². The van der Waals surface area contributed by atoms with Crippen molar-refractivity contribution < 1.29 is 19.1 Å². The summed E-state index contributed by atoms with van der Waals surface area (Å²) in [5.74, 6) is -0.847. The van der Waals surface area contributed by atoms with Gasteiger partial charge in [0.1, 0.15) is 5.75 Å². The van der Waals surface area contributed by atoms with Gasteiger partial charge in [0.05, 0.1) is 12.7 Å². The number of hydrogen-bond donors (Lipinski definition) is 1. The number of primary amides is 1. The molecule has 0 unspecified atom stereocenters. The predicted octanol–water partition coefficient (Wildman–Crippen LogP) is 0.726. The largest absolute Gasteiger partial charge is 0.478 e. The molecule has 5 nitrogen and oxygen atoms in total. The van der Waals surface area contributed by atoms with E-state index in [0.29, 0.717) is 0 Å². The molecule has 0 fully saturated rings. The fraction of sp³-hybridized carbons (Fsp3) is 0.273. The van der Waals surface area contributed by atoms with Crippen molar-refractivity contribution in [3.63, 3.8) is 0 Å². The molecule has 1 aromatic carbocycles. The monoisotopic (exact) mass is 223 g/mol. The van der Waals surface area contributed by atoms with Gasteiger partial charge in [-0.25, -0.2) is 4.79 Å². The van der Waals surface area contributed by atoms with Gasteiger partial charge in [-0.15, -0.1) is 0 Å². The normalized spacial score (nSPS) is 11.6. The van der Waals surface area contributed by atoms with Crippen LogP contribution >= 0.6 is 0 Å². The molecule has 0 spiro atoms. The molecule has 0 aliphatic heterocycles. The summed E-state index contributed by atoms with van der Waals surface area (Å²) in [6, 6.07) is 6.45. The number of methoxy groups -OCH3 is 1. The average Bonchev–Trinajstić information content (AvgIpc) is 2.28. The first-order valence-electron chi connectivity index (χ1n) is 4.69. The van der Waals surface area contributed by atoms with Gasteiger partial charge >= 0.3 is 5.97 Å². The third-order valence-corrected chi connectivity index (χ3v) is 1.99. The summed E-state index contributed by atoms with van der Waals surface area (Å²) in [5, 5.41) is 0. The highest BCUT2D eigenvalue weighted by Crippen LogP contribution is 2.18. The molecule has 1 amide bonds. The molecular formula is C11H13NO4. The lowest BCUT2D eigenvalue weighted by Crippen LogP contribution is -2.26. The van der Waals surface area contributed by atoms with Crippen molar-refractivity contribution >= 4 is 11.9 Å². The zero-order valence-corrected chi connectivity index (χ0v) is 9.10. The Kier molecular flexibility index (Phi) is 3.88. The van der Waals surface area contributed by atoms with Gasteiger partial charge in [-0.2, -0.15) is 0 Å². The van der Waals surface area contributed by atoms with Crippen LogP contribution in [0.2, 0.25) is 0 Å². The van der Waals surface area contributed by atoms with E-state index in [-0.39, 0.29) is 11.3 Å². The number of nitrogens with two attached hydrogens (primary N) is 1. The van der Waals surface area contributed by atoms with Crippen molar-refractivity contribution in [1.82, 2.24) is 0 Å². The molecule has 2 N–H and O–H groups in total. The molecule has 0 radical (unpaired) electrons. The van der Waals surface area contributed by atoms with Crippen molar-refractivity contribution in [3.8, 4) is 5.75 Å². The second kappa shape index (κ2) is 5.16. The Balaban J connectivity index is 2.88. The van der Waals surface area contributed by atoms with E-state index >= 15 is 0 Å². The molecule has 0 saturated carbocycles. The summed E-state index contributed by atoms with van der Waals surface area (Å²) in [6.45, 7) is 1.53. The van der Waals surface area contributed by atoms with Gasteiger partial charge in [0.15, 0.2) is 6.10 Å². The number of hydrogen-bond acceptors (Lipinski definition) is 4. The molecule has 0 aliphatic carbocycles. The standard InChI is InChI=1S/C11H13NO4/c1-7(11(14)15-2)16-9-6-4-3-5-8(9)10(12)13/h3-7H,1-2H3,(H2,12,13)/t7-/m0/s1. The zero-order chi connectivity index (χ0) is 12.1. The van der Waals surface area contributed by atoms with Crippen LogP contribution in [0.15, 0.2) is 24.3 Å². The zero-order valence-electron chi connectivity index (χ0n) is 9.10. The van der Waals surface area contributed by atoms with E-state index in [1.165, 1.54) is 20.1 Å². The second-order valence-corrected chi connectivity index (χ2v) is 3.14. The number of carbonyl (C=O) groups is 2. The molecule has 0 bridgehead atoms. The molecule has 1 rings (SSSR count). The van der Waals surface area contributed by atoms with E-state index in [4.69, 9.17) is 10.5 Å². The highest BCUT2D eigenvalue weighted by atomic mass is 16.6. The average molecular weight is 223 g/mol. The Bertz CT molecular complexity index is 403. The van der Waals surface area contributed by atoms with Crippen molar-refractivity contribution in [2.24, 2.45) is 5.73 Å². The van der Waals surface area contributed by atoms with E-state index in [9.17, 15) is 9.59 Å². The van der Waals surface area contributed by atoms with E-state index in [1.54, 1.807) is 18.2 Å². The van der Waals surface area contributed by atoms with Crippen molar-refractivity contribution in [1.29, 1.82) is 0 Å². The lowest BCUT2D eigenvalue weighted by molar-refractivity contribution is -0.147. The van der Waals surface area contributed by atoms with Crippen LogP contribution in [0.5, 0.6) is 5.75 Å². The third-order valence-electron chi connectivity index (χ3n) is 1.99. The Morgan fingerprint density at radius 3 is 2.50 bits per heavy atom. The lowest BCUT2D eigenvalue weighted by Gasteiger charge is -2.14. The predicted molar refractivity (Wildman–Crippen MR) is 57.1 cm³/mol. The van der Waals surface area contributed by atoms with Crippen LogP contribution in [0.4, 0.5) is 0 Å². The minimum absolute atomic E-state index is 0.234. The first-order valence-corrected chi connectivity index (χ1v) is 4.69. The fourth-order valence-electron chi connectivity index (χ4n) is 1.18. The van der Waals surface area contributed by atoms with Crippen LogP contribution in [0.25, 0.3) is 0 Å². The summed E-state index contributed by atoms with van der Waals surface area (Å²) < 4.78 is 9.79. The van der Waals surface area contributed by atoms with Gasteiger partial charge < -0.3 is 15.2 Å². The highest BCUT2D eigenvalue weighted by Gasteiger charge is 2.17. The van der Waals surface area contributed by atoms with Gasteiger partial charge in [-0.1, -0.05) is 12.1 Å². The van der Waals surface area contributed by atoms with E-state index in [0.717, 1.165) is 0 Å². The fourth-order valence-corrected chi connectivity index (χ4v) is 1.18. The minimum Gasteiger partial charge on any atom is -0.478 e. The van der Waals surface area contributed by atoms with Gasteiger partial charge in [0, 0.05) is 0 Å². The smallest absolute Gasteiger partial charge is 0.346 e. The van der Waals surface area contributed by atoms with Gasteiger partial charge in [0.2, 0.25) is 0 Å². The Morgan fingerprint density at radius 2 is 1.94 bits per heavy atom. The topological polar surface area (TPSA) is 78.6 Å². The summed E-state index contributed by atoms with van der Waals surface area (Å²) in [7, 11) is 1.27. The van der Waals surface area contributed by atoms with Crippen molar-refractivity contribution in [2.75, 3.05) is 7.11 Å². The number of amides is 1. The molecule has 0 aromatic heterocycles. The van der Waals surface area contributed by atoms with Crippen LogP contribution < -0.4 is 10.5 Å². The first kappa shape index (κ1) is 12.0. The molecule has 1 atom stereocenters. The highest BCUT2D eigenvalue weighted by molar-refractivity contribution is 5.95.